The summed E-state index contributed by atoms with van der Waals surface area (Å²) < 4.78 is 18.5. The molecule has 0 atom stereocenters. The Hall–Kier alpha value is -2.84. The first-order chi connectivity index (χ1) is 16.2. The maximum atomic E-state index is 5.55. The van der Waals surface area contributed by atoms with Crippen LogP contribution in [0.25, 0.3) is 16.9 Å². The van der Waals surface area contributed by atoms with E-state index in [-0.39, 0.29) is 0 Å². The number of hydrogen-bond acceptors (Lipinski definition) is 7. The summed E-state index contributed by atoms with van der Waals surface area (Å²) in [5.74, 6) is 2.72. The largest absolute Gasteiger partial charge is 0.497 e. The Morgan fingerprint density at radius 1 is 0.939 bits per heavy atom. The molecule has 5 rings (SSSR count). The van der Waals surface area contributed by atoms with E-state index in [4.69, 9.17) is 24.3 Å². The zero-order chi connectivity index (χ0) is 22.8. The molecule has 8 nitrogen and oxygen atoms in total. The van der Waals surface area contributed by atoms with Gasteiger partial charge in [0.25, 0.3) is 0 Å². The minimum Gasteiger partial charge on any atom is -0.497 e. The fraction of sp³-hybridized carbons (Fsp3) is 0.520. The van der Waals surface area contributed by atoms with Crippen LogP contribution in [0.1, 0.15) is 24.6 Å². The molecule has 33 heavy (non-hydrogen) atoms. The Bertz CT molecular complexity index is 1100. The zero-order valence-corrected chi connectivity index (χ0v) is 19.8. The number of fused-ring (bicyclic) bond motifs is 2. The van der Waals surface area contributed by atoms with Gasteiger partial charge in [0.15, 0.2) is 5.65 Å². The molecular formula is C25H33N5O3. The Morgan fingerprint density at radius 3 is 2.39 bits per heavy atom. The van der Waals surface area contributed by atoms with Crippen molar-refractivity contribution in [3.8, 4) is 22.8 Å². The van der Waals surface area contributed by atoms with Crippen LogP contribution in [0, 0.1) is 0 Å². The van der Waals surface area contributed by atoms with Gasteiger partial charge in [-0.3, -0.25) is 4.90 Å². The van der Waals surface area contributed by atoms with E-state index in [0.29, 0.717) is 0 Å². The highest BCUT2D eigenvalue weighted by Gasteiger charge is 2.27. The fourth-order valence-electron chi connectivity index (χ4n) is 4.91. The van der Waals surface area contributed by atoms with Gasteiger partial charge >= 0.3 is 0 Å². The minimum absolute atomic E-state index is 0.750. The van der Waals surface area contributed by atoms with Gasteiger partial charge < -0.3 is 19.1 Å². The molecule has 2 aliphatic rings. The molecule has 0 radical (unpaired) electrons. The third kappa shape index (κ3) is 4.37. The quantitative estimate of drug-likeness (QED) is 0.488. The Kier molecular flexibility index (Phi) is 6.37. The number of nitrogens with zero attached hydrogens (tertiary/aromatic N) is 5. The van der Waals surface area contributed by atoms with Crippen LogP contribution in [0.5, 0.6) is 11.5 Å². The molecule has 3 aromatic rings. The number of anilines is 1. The highest BCUT2D eigenvalue weighted by atomic mass is 16.5. The van der Waals surface area contributed by atoms with Crippen LogP contribution < -0.4 is 14.4 Å². The van der Waals surface area contributed by atoms with Crippen LogP contribution >= 0.6 is 0 Å². The number of hydrogen-bond donors (Lipinski definition) is 0. The molecule has 8 heteroatoms. The lowest BCUT2D eigenvalue weighted by atomic mass is 10.1. The van der Waals surface area contributed by atoms with E-state index >= 15 is 0 Å². The van der Waals surface area contributed by atoms with E-state index in [2.05, 4.69) is 20.4 Å². The molecule has 2 aromatic heterocycles. The monoisotopic (exact) mass is 451 g/mol. The van der Waals surface area contributed by atoms with Crippen LogP contribution in [-0.4, -0.2) is 79.7 Å². The van der Waals surface area contributed by atoms with Crippen molar-refractivity contribution in [1.82, 2.24) is 19.5 Å². The van der Waals surface area contributed by atoms with Crippen molar-refractivity contribution in [2.75, 3.05) is 65.1 Å². The first kappa shape index (κ1) is 22.0. The smallest absolute Gasteiger partial charge is 0.158 e. The van der Waals surface area contributed by atoms with Crippen LogP contribution in [-0.2, 0) is 17.6 Å². The van der Waals surface area contributed by atoms with E-state index < -0.39 is 0 Å². The van der Waals surface area contributed by atoms with Crippen molar-refractivity contribution in [2.45, 2.75) is 26.2 Å². The summed E-state index contributed by atoms with van der Waals surface area (Å²) >= 11 is 0. The molecular weight excluding hydrogens is 418 g/mol. The summed E-state index contributed by atoms with van der Waals surface area (Å²) in [4.78, 5) is 9.98. The van der Waals surface area contributed by atoms with Crippen LogP contribution in [0.4, 0.5) is 5.82 Å². The van der Waals surface area contributed by atoms with Crippen LogP contribution in [0.3, 0.4) is 0 Å². The maximum absolute atomic E-state index is 5.55. The van der Waals surface area contributed by atoms with Crippen molar-refractivity contribution in [3.05, 3.63) is 35.5 Å². The molecule has 0 N–H and O–H groups in total. The van der Waals surface area contributed by atoms with Crippen LogP contribution in [0.15, 0.2) is 24.3 Å². The summed E-state index contributed by atoms with van der Waals surface area (Å²) in [7, 11) is 3.33. The first-order valence-corrected chi connectivity index (χ1v) is 11.9. The van der Waals surface area contributed by atoms with Crippen molar-refractivity contribution in [2.24, 2.45) is 0 Å². The fourth-order valence-corrected chi connectivity index (χ4v) is 4.91. The van der Waals surface area contributed by atoms with E-state index in [0.717, 1.165) is 93.6 Å². The van der Waals surface area contributed by atoms with Gasteiger partial charge in [-0.1, -0.05) is 0 Å². The third-order valence-electron chi connectivity index (χ3n) is 6.67. The summed E-state index contributed by atoms with van der Waals surface area (Å²) in [6.07, 6.45) is 3.28. The highest BCUT2D eigenvalue weighted by molar-refractivity contribution is 5.70. The average molecular weight is 452 g/mol. The number of ether oxygens (including phenoxy) is 3. The number of aryl methyl sites for hydroxylation is 1. The number of benzene rings is 1. The van der Waals surface area contributed by atoms with Crippen molar-refractivity contribution >= 4 is 11.5 Å². The second kappa shape index (κ2) is 9.57. The third-order valence-corrected chi connectivity index (χ3v) is 6.67. The maximum Gasteiger partial charge on any atom is 0.158 e. The van der Waals surface area contributed by atoms with Gasteiger partial charge in [-0.2, -0.15) is 9.61 Å². The van der Waals surface area contributed by atoms with E-state index in [1.54, 1.807) is 14.2 Å². The molecule has 1 aromatic carbocycles. The molecule has 1 aliphatic heterocycles. The summed E-state index contributed by atoms with van der Waals surface area (Å²) in [5, 5.41) is 5.03. The lowest BCUT2D eigenvalue weighted by Crippen LogP contribution is -2.48. The van der Waals surface area contributed by atoms with Gasteiger partial charge in [0.2, 0.25) is 0 Å². The van der Waals surface area contributed by atoms with Crippen molar-refractivity contribution < 1.29 is 14.2 Å². The molecule has 1 fully saturated rings. The van der Waals surface area contributed by atoms with E-state index in [9.17, 15) is 0 Å². The number of piperazine rings is 1. The molecule has 0 bridgehead atoms. The summed E-state index contributed by atoms with van der Waals surface area (Å²) in [6, 6.07) is 7.95. The molecule has 1 aliphatic carbocycles. The number of rotatable bonds is 8. The van der Waals surface area contributed by atoms with Crippen LogP contribution in [0.2, 0.25) is 0 Å². The van der Waals surface area contributed by atoms with Gasteiger partial charge in [-0.25, -0.2) is 4.98 Å². The molecule has 0 saturated carbocycles. The summed E-state index contributed by atoms with van der Waals surface area (Å²) in [5.41, 5.74) is 5.33. The van der Waals surface area contributed by atoms with E-state index in [1.807, 2.05) is 25.1 Å². The Morgan fingerprint density at radius 2 is 1.70 bits per heavy atom. The second-order valence-electron chi connectivity index (χ2n) is 8.64. The molecule has 176 valence electrons. The predicted molar refractivity (Wildman–Crippen MR) is 129 cm³/mol. The van der Waals surface area contributed by atoms with Gasteiger partial charge in [-0.15, -0.1) is 0 Å². The lowest BCUT2D eigenvalue weighted by Gasteiger charge is -2.36. The average Bonchev–Trinajstić information content (AvgIpc) is 3.49. The normalized spacial score (nSPS) is 16.4. The SMILES string of the molecule is CCOCCN1CCN(c2c3c(nc4cc(-c5cc(OC)cc(OC)c5)nn24)CCC3)CC1. The zero-order valence-electron chi connectivity index (χ0n) is 19.8. The highest BCUT2D eigenvalue weighted by Crippen LogP contribution is 2.34. The molecule has 0 spiro atoms. The van der Waals surface area contributed by atoms with Crippen molar-refractivity contribution in [3.63, 3.8) is 0 Å². The molecule has 0 unspecified atom stereocenters. The minimum atomic E-state index is 0.750. The Labute approximate surface area is 195 Å². The lowest BCUT2D eigenvalue weighted by molar-refractivity contribution is 0.111. The van der Waals surface area contributed by atoms with Gasteiger partial charge in [0.05, 0.1) is 26.5 Å². The second-order valence-corrected chi connectivity index (χ2v) is 8.64. The molecule has 1 saturated heterocycles. The summed E-state index contributed by atoms with van der Waals surface area (Å²) in [6.45, 7) is 8.67. The molecule has 3 heterocycles. The van der Waals surface area contributed by atoms with Gasteiger partial charge in [0, 0.05) is 68.3 Å². The Balaban J connectivity index is 1.49. The molecule has 0 amide bonds. The number of methoxy groups -OCH3 is 2. The first-order valence-electron chi connectivity index (χ1n) is 11.9. The van der Waals surface area contributed by atoms with Gasteiger partial charge in [0.1, 0.15) is 17.3 Å². The van der Waals surface area contributed by atoms with Crippen molar-refractivity contribution in [1.29, 1.82) is 0 Å². The topological polar surface area (TPSA) is 64.4 Å². The van der Waals surface area contributed by atoms with Gasteiger partial charge in [-0.05, 0) is 38.3 Å². The van der Waals surface area contributed by atoms with E-state index in [1.165, 1.54) is 17.1 Å². The number of aromatic nitrogens is 3. The predicted octanol–water partition coefficient (Wildman–Crippen LogP) is 3.06. The standard InChI is InChI=1S/C25H33N5O3/c1-4-33-13-12-28-8-10-29(11-9-28)25-21-6-5-7-22(21)26-24-17-23(27-30(24)25)18-14-19(31-2)16-20(15-18)32-3/h14-17H,4-13H2,1-3H3.